The van der Waals surface area contributed by atoms with Crippen molar-refractivity contribution in [1.82, 2.24) is 24.6 Å². The van der Waals surface area contributed by atoms with Crippen LogP contribution in [0.1, 0.15) is 37.6 Å². The minimum atomic E-state index is -0.722. The molecule has 3 heterocycles. The molecule has 0 radical (unpaired) electrons. The molecule has 0 aliphatic carbocycles. The first-order chi connectivity index (χ1) is 12.5. The number of rotatable bonds is 4. The summed E-state index contributed by atoms with van der Waals surface area (Å²) < 4.78 is 1.34. The van der Waals surface area contributed by atoms with Crippen LogP contribution in [0.3, 0.4) is 0 Å². The quantitative estimate of drug-likeness (QED) is 0.784. The Hall–Kier alpha value is -2.97. The van der Waals surface area contributed by atoms with Crippen molar-refractivity contribution in [2.75, 3.05) is 18.4 Å². The van der Waals surface area contributed by atoms with E-state index in [4.69, 9.17) is 0 Å². The third-order valence-electron chi connectivity index (χ3n) is 4.15. The van der Waals surface area contributed by atoms with E-state index in [1.165, 1.54) is 15.6 Å². The summed E-state index contributed by atoms with van der Waals surface area (Å²) in [5.74, 6) is -0.788. The van der Waals surface area contributed by atoms with Crippen LogP contribution in [0.4, 0.5) is 5.82 Å². The predicted molar refractivity (Wildman–Crippen MR) is 95.2 cm³/mol. The fourth-order valence-electron chi connectivity index (χ4n) is 2.96. The summed E-state index contributed by atoms with van der Waals surface area (Å²) in [5, 5.41) is 6.86. The Labute approximate surface area is 150 Å². The molecule has 26 heavy (non-hydrogen) atoms. The number of aromatic amines is 1. The predicted octanol–water partition coefficient (Wildman–Crippen LogP) is 0.777. The van der Waals surface area contributed by atoms with Gasteiger partial charge in [0.1, 0.15) is 5.82 Å². The lowest BCUT2D eigenvalue weighted by molar-refractivity contribution is -0.142. The number of anilines is 1. The second kappa shape index (κ2) is 7.51. The molecule has 2 N–H and O–H groups in total. The minimum Gasteiger partial charge on any atom is -0.334 e. The zero-order chi connectivity index (χ0) is 18.7. The van der Waals surface area contributed by atoms with Crippen LogP contribution in [0.25, 0.3) is 5.95 Å². The number of hydrogen-bond acceptors (Lipinski definition) is 5. The van der Waals surface area contributed by atoms with Crippen LogP contribution in [0, 0.1) is 6.92 Å². The van der Waals surface area contributed by atoms with Gasteiger partial charge in [0.25, 0.3) is 5.56 Å². The number of H-pyrrole nitrogens is 1. The average Bonchev–Trinajstić information content (AvgIpc) is 3.23. The van der Waals surface area contributed by atoms with Crippen LogP contribution in [0.5, 0.6) is 0 Å². The molecule has 1 fully saturated rings. The molecule has 0 saturated carbocycles. The van der Waals surface area contributed by atoms with Crippen molar-refractivity contribution in [3.63, 3.8) is 0 Å². The van der Waals surface area contributed by atoms with Crippen molar-refractivity contribution in [2.24, 2.45) is 0 Å². The Morgan fingerprint density at radius 3 is 2.69 bits per heavy atom. The topological polar surface area (TPSA) is 113 Å². The first-order valence-corrected chi connectivity index (χ1v) is 8.75. The van der Waals surface area contributed by atoms with Gasteiger partial charge in [0.05, 0.1) is 5.69 Å². The number of amides is 2. The summed E-state index contributed by atoms with van der Waals surface area (Å²) >= 11 is 0. The summed E-state index contributed by atoms with van der Waals surface area (Å²) in [5.41, 5.74) is 0.972. The maximum atomic E-state index is 12.3. The van der Waals surface area contributed by atoms with Crippen molar-refractivity contribution in [3.05, 3.63) is 33.9 Å². The normalized spacial score (nSPS) is 13.8. The first kappa shape index (κ1) is 17.8. The number of aryl methyl sites for hydroxylation is 2. The molecule has 0 bridgehead atoms. The summed E-state index contributed by atoms with van der Waals surface area (Å²) in [6.07, 6.45) is 3.32. The van der Waals surface area contributed by atoms with E-state index in [1.54, 1.807) is 13.0 Å². The highest BCUT2D eigenvalue weighted by Gasteiger charge is 2.25. The van der Waals surface area contributed by atoms with Gasteiger partial charge >= 0.3 is 11.8 Å². The molecule has 0 atom stereocenters. The fraction of sp³-hybridized carbons (Fsp3) is 0.471. The molecular weight excluding hydrogens is 336 g/mol. The zero-order valence-electron chi connectivity index (χ0n) is 14.9. The van der Waals surface area contributed by atoms with Gasteiger partial charge in [-0.3, -0.25) is 19.4 Å². The molecule has 2 amide bonds. The van der Waals surface area contributed by atoms with Gasteiger partial charge in [-0.2, -0.15) is 9.78 Å². The molecule has 0 aromatic carbocycles. The van der Waals surface area contributed by atoms with E-state index < -0.39 is 11.8 Å². The standard InChI is InChI=1S/C17H22N6O3/c1-3-6-12-10-14(24)20-17(18-12)23-13(9-11(2)21-23)19-15(25)16(26)22-7-4-5-8-22/h9-10H,3-8H2,1-2H3,(H,19,25)(H,18,20,24). The van der Waals surface area contributed by atoms with Crippen molar-refractivity contribution < 1.29 is 9.59 Å². The highest BCUT2D eigenvalue weighted by atomic mass is 16.2. The Balaban J connectivity index is 1.87. The Morgan fingerprint density at radius 1 is 1.27 bits per heavy atom. The fourth-order valence-corrected chi connectivity index (χ4v) is 2.96. The van der Waals surface area contributed by atoms with Crippen LogP contribution >= 0.6 is 0 Å². The Bertz CT molecular complexity index is 879. The van der Waals surface area contributed by atoms with Crippen molar-refractivity contribution in [3.8, 4) is 5.95 Å². The minimum absolute atomic E-state index is 0.206. The number of likely N-dealkylation sites (tertiary alicyclic amines) is 1. The van der Waals surface area contributed by atoms with Gasteiger partial charge in [0.2, 0.25) is 5.95 Å². The molecule has 0 spiro atoms. The monoisotopic (exact) mass is 358 g/mol. The maximum absolute atomic E-state index is 12.3. The third-order valence-corrected chi connectivity index (χ3v) is 4.15. The maximum Gasteiger partial charge on any atom is 0.315 e. The molecule has 9 nitrogen and oxygen atoms in total. The molecule has 3 rings (SSSR count). The van der Waals surface area contributed by atoms with Gasteiger partial charge in [0.15, 0.2) is 0 Å². The van der Waals surface area contributed by atoms with Crippen LogP contribution in [-0.2, 0) is 16.0 Å². The lowest BCUT2D eigenvalue weighted by Gasteiger charge is -2.14. The Kier molecular flexibility index (Phi) is 5.15. The first-order valence-electron chi connectivity index (χ1n) is 8.75. The highest BCUT2D eigenvalue weighted by Crippen LogP contribution is 2.15. The number of hydrogen-bond donors (Lipinski definition) is 2. The lowest BCUT2D eigenvalue weighted by Crippen LogP contribution is -2.38. The molecule has 1 aliphatic heterocycles. The van der Waals surface area contributed by atoms with E-state index >= 15 is 0 Å². The van der Waals surface area contributed by atoms with E-state index in [0.717, 1.165) is 19.3 Å². The summed E-state index contributed by atoms with van der Waals surface area (Å²) in [7, 11) is 0. The Morgan fingerprint density at radius 2 is 2.00 bits per heavy atom. The van der Waals surface area contributed by atoms with Gasteiger partial charge in [-0.25, -0.2) is 4.98 Å². The molecule has 138 valence electrons. The molecule has 1 aliphatic rings. The van der Waals surface area contributed by atoms with Crippen LogP contribution in [0.2, 0.25) is 0 Å². The third kappa shape index (κ3) is 3.81. The van der Waals surface area contributed by atoms with Crippen molar-refractivity contribution in [2.45, 2.75) is 39.5 Å². The van der Waals surface area contributed by atoms with E-state index in [0.29, 0.717) is 30.9 Å². The number of nitrogens with zero attached hydrogens (tertiary/aromatic N) is 4. The molecule has 2 aromatic rings. The molecule has 9 heteroatoms. The van der Waals surface area contributed by atoms with Crippen molar-refractivity contribution in [1.29, 1.82) is 0 Å². The molecule has 0 unspecified atom stereocenters. The van der Waals surface area contributed by atoms with Gasteiger partial charge in [-0.15, -0.1) is 0 Å². The summed E-state index contributed by atoms with van der Waals surface area (Å²) in [6.45, 7) is 4.94. The average molecular weight is 358 g/mol. The highest BCUT2D eigenvalue weighted by molar-refractivity contribution is 6.39. The van der Waals surface area contributed by atoms with Gasteiger partial charge in [-0.05, 0) is 26.2 Å². The second-order valence-electron chi connectivity index (χ2n) is 6.35. The second-order valence-corrected chi connectivity index (χ2v) is 6.35. The smallest absolute Gasteiger partial charge is 0.315 e. The van der Waals surface area contributed by atoms with Gasteiger partial charge in [0, 0.05) is 30.9 Å². The lowest BCUT2D eigenvalue weighted by atomic mass is 10.2. The van der Waals surface area contributed by atoms with Gasteiger partial charge in [-0.1, -0.05) is 13.3 Å². The largest absolute Gasteiger partial charge is 0.334 e. The SMILES string of the molecule is CCCc1cc(=O)[nH]c(-n2nc(C)cc2NC(=O)C(=O)N2CCCC2)n1. The van der Waals surface area contributed by atoms with Crippen molar-refractivity contribution >= 4 is 17.6 Å². The number of carbonyl (C=O) groups is 2. The summed E-state index contributed by atoms with van der Waals surface area (Å²) in [6, 6.07) is 3.07. The van der Waals surface area contributed by atoms with E-state index in [-0.39, 0.29) is 17.3 Å². The summed E-state index contributed by atoms with van der Waals surface area (Å²) in [4.78, 5) is 44.9. The van der Waals surface area contributed by atoms with E-state index in [1.807, 2.05) is 6.92 Å². The van der Waals surface area contributed by atoms with Crippen LogP contribution < -0.4 is 10.9 Å². The van der Waals surface area contributed by atoms with Crippen LogP contribution in [-0.4, -0.2) is 49.6 Å². The van der Waals surface area contributed by atoms with Gasteiger partial charge < -0.3 is 10.2 Å². The van der Waals surface area contributed by atoms with Crippen LogP contribution in [0.15, 0.2) is 16.9 Å². The number of nitrogens with one attached hydrogen (secondary N) is 2. The number of carbonyl (C=O) groups excluding carboxylic acids is 2. The number of aromatic nitrogens is 4. The zero-order valence-corrected chi connectivity index (χ0v) is 14.9. The molecule has 1 saturated heterocycles. The molecular formula is C17H22N6O3. The van der Waals surface area contributed by atoms with E-state index in [9.17, 15) is 14.4 Å². The van der Waals surface area contributed by atoms with E-state index in [2.05, 4.69) is 20.4 Å². The molecule has 2 aromatic heterocycles.